The van der Waals surface area contributed by atoms with E-state index in [4.69, 9.17) is 14.2 Å². The third kappa shape index (κ3) is 7.35. The summed E-state index contributed by atoms with van der Waals surface area (Å²) >= 11 is 0. The fourth-order valence-corrected chi connectivity index (χ4v) is 7.00. The van der Waals surface area contributed by atoms with Gasteiger partial charge in [0.15, 0.2) is 0 Å². The Bertz CT molecular complexity index is 1000. The van der Waals surface area contributed by atoms with E-state index in [2.05, 4.69) is 15.5 Å². The maximum atomic E-state index is 13.5. The predicted molar refractivity (Wildman–Crippen MR) is 151 cm³/mol. The number of rotatable bonds is 8. The molecule has 3 aliphatic heterocycles. The number of ether oxygens (including phenoxy) is 3. The van der Waals surface area contributed by atoms with Gasteiger partial charge in [0.1, 0.15) is 6.10 Å². The standard InChI is InChI=1S/C31H47N3O6/c1-31(2,3)33-29(36)25-14-21-11-7-8-12-22(21)15-34(25)16-26(35)24(13-20-9-5-4-6-10-20)32-30(37)40-28-19-39-27-18-38-17-23(27)28/h4-6,9-10,21-28,35H,7-8,11-19H2,1-3H3,(H,32,37)(H,33,36)/t21-,22+,23+,24-,25-,26+,27-,28-/m0/s1. The average molecular weight is 558 g/mol. The van der Waals surface area contributed by atoms with Crippen molar-refractivity contribution < 1.29 is 28.9 Å². The molecule has 4 fully saturated rings. The Morgan fingerprint density at radius 3 is 2.60 bits per heavy atom. The Hall–Kier alpha value is -2.20. The van der Waals surface area contributed by atoms with Crippen LogP contribution in [0.1, 0.15) is 58.4 Å². The third-order valence-electron chi connectivity index (χ3n) is 9.07. The highest BCUT2D eigenvalue weighted by Gasteiger charge is 2.45. The molecule has 3 heterocycles. The summed E-state index contributed by atoms with van der Waals surface area (Å²) < 4.78 is 17.0. The number of nitrogens with zero attached hydrogens (tertiary/aromatic N) is 1. The van der Waals surface area contributed by atoms with E-state index in [1.54, 1.807) is 0 Å². The summed E-state index contributed by atoms with van der Waals surface area (Å²) in [7, 11) is 0. The molecule has 1 aromatic carbocycles. The lowest BCUT2D eigenvalue weighted by Gasteiger charge is -2.47. The van der Waals surface area contributed by atoms with Gasteiger partial charge in [0.2, 0.25) is 5.91 Å². The summed E-state index contributed by atoms with van der Waals surface area (Å²) in [6.45, 7) is 8.49. The highest BCUT2D eigenvalue weighted by atomic mass is 16.6. The first kappa shape index (κ1) is 29.3. The number of aliphatic hydroxyl groups excluding tert-OH is 1. The number of nitrogens with one attached hydrogen (secondary N) is 2. The van der Waals surface area contributed by atoms with Crippen molar-refractivity contribution in [3.8, 4) is 0 Å². The molecule has 4 aliphatic rings. The highest BCUT2D eigenvalue weighted by Crippen LogP contribution is 2.39. The molecule has 5 rings (SSSR count). The van der Waals surface area contributed by atoms with Gasteiger partial charge in [-0.15, -0.1) is 0 Å². The summed E-state index contributed by atoms with van der Waals surface area (Å²) in [5, 5.41) is 17.8. The van der Waals surface area contributed by atoms with Crippen molar-refractivity contribution in [2.75, 3.05) is 32.9 Å². The Morgan fingerprint density at radius 2 is 1.85 bits per heavy atom. The van der Waals surface area contributed by atoms with Crippen LogP contribution in [0.2, 0.25) is 0 Å². The second-order valence-electron chi connectivity index (χ2n) is 13.3. The molecular weight excluding hydrogens is 510 g/mol. The van der Waals surface area contributed by atoms with Crippen molar-refractivity contribution in [3.05, 3.63) is 35.9 Å². The van der Waals surface area contributed by atoms with Crippen molar-refractivity contribution >= 4 is 12.0 Å². The second-order valence-corrected chi connectivity index (χ2v) is 13.3. The zero-order valence-electron chi connectivity index (χ0n) is 24.2. The van der Waals surface area contributed by atoms with Crippen LogP contribution in [0.5, 0.6) is 0 Å². The van der Waals surface area contributed by atoms with Crippen molar-refractivity contribution in [1.29, 1.82) is 0 Å². The minimum absolute atomic E-state index is 0.0188. The van der Waals surface area contributed by atoms with E-state index in [1.807, 2.05) is 51.1 Å². The van der Waals surface area contributed by atoms with E-state index in [-0.39, 0.29) is 35.6 Å². The van der Waals surface area contributed by atoms with E-state index in [9.17, 15) is 14.7 Å². The molecular formula is C31H47N3O6. The molecule has 1 aliphatic carbocycles. The van der Waals surface area contributed by atoms with Crippen molar-refractivity contribution in [3.63, 3.8) is 0 Å². The molecule has 8 atom stereocenters. The number of fused-ring (bicyclic) bond motifs is 2. The second kappa shape index (κ2) is 12.8. The molecule has 3 N–H and O–H groups in total. The summed E-state index contributed by atoms with van der Waals surface area (Å²) in [6.07, 6.45) is 4.20. The number of carbonyl (C=O) groups excluding carboxylic acids is 2. The summed E-state index contributed by atoms with van der Waals surface area (Å²) in [6, 6.07) is 8.96. The summed E-state index contributed by atoms with van der Waals surface area (Å²) in [4.78, 5) is 28.7. The monoisotopic (exact) mass is 557 g/mol. The SMILES string of the molecule is CC(C)(C)NC(=O)[C@@H]1C[C@@H]2CCCC[C@@H]2CN1C[C@@H](O)[C@H](Cc1ccccc1)NC(=O)O[C@H]1CO[C@H]2COC[C@H]21. The van der Waals surface area contributed by atoms with Crippen LogP contribution in [0, 0.1) is 17.8 Å². The Labute approximate surface area is 238 Å². The number of likely N-dealkylation sites (tertiary alicyclic amines) is 1. The number of hydrogen-bond acceptors (Lipinski definition) is 7. The lowest BCUT2D eigenvalue weighted by atomic mass is 9.72. The molecule has 2 amide bonds. The van der Waals surface area contributed by atoms with E-state index in [1.165, 1.54) is 19.3 Å². The quantitative estimate of drug-likeness (QED) is 0.451. The zero-order valence-corrected chi connectivity index (χ0v) is 24.2. The lowest BCUT2D eigenvalue weighted by Crippen LogP contribution is -2.60. The number of alkyl carbamates (subject to hydrolysis) is 1. The summed E-state index contributed by atoms with van der Waals surface area (Å²) in [5.41, 5.74) is 0.674. The van der Waals surface area contributed by atoms with E-state index in [0.717, 1.165) is 24.9 Å². The van der Waals surface area contributed by atoms with Crippen molar-refractivity contribution in [2.45, 2.75) is 95.2 Å². The largest absolute Gasteiger partial charge is 0.443 e. The van der Waals surface area contributed by atoms with Gasteiger partial charge in [0, 0.05) is 18.6 Å². The van der Waals surface area contributed by atoms with Crippen molar-refractivity contribution in [2.24, 2.45) is 17.8 Å². The molecule has 0 bridgehead atoms. The third-order valence-corrected chi connectivity index (χ3v) is 9.07. The Kier molecular flexibility index (Phi) is 9.35. The van der Waals surface area contributed by atoms with Crippen LogP contribution in [-0.2, 0) is 25.4 Å². The van der Waals surface area contributed by atoms with Crippen LogP contribution >= 0.6 is 0 Å². The topological polar surface area (TPSA) is 109 Å². The number of benzene rings is 1. The normalized spacial score (nSPS) is 32.0. The first-order valence-electron chi connectivity index (χ1n) is 15.1. The Morgan fingerprint density at radius 1 is 1.10 bits per heavy atom. The van der Waals surface area contributed by atoms with Gasteiger partial charge in [0.05, 0.1) is 50.0 Å². The first-order valence-corrected chi connectivity index (χ1v) is 15.1. The molecule has 0 unspecified atom stereocenters. The number of aliphatic hydroxyl groups is 1. The molecule has 1 saturated carbocycles. The van der Waals surface area contributed by atoms with E-state index >= 15 is 0 Å². The molecule has 1 aromatic rings. The van der Waals surface area contributed by atoms with Crippen LogP contribution in [0.3, 0.4) is 0 Å². The molecule has 0 spiro atoms. The number of piperidine rings is 1. The first-order chi connectivity index (χ1) is 19.2. The van der Waals surface area contributed by atoms with Crippen molar-refractivity contribution in [1.82, 2.24) is 15.5 Å². The van der Waals surface area contributed by atoms with Crippen LogP contribution in [-0.4, -0.2) is 90.9 Å². The molecule has 3 saturated heterocycles. The molecule has 9 nitrogen and oxygen atoms in total. The zero-order chi connectivity index (χ0) is 28.3. The van der Waals surface area contributed by atoms with Gasteiger partial charge in [-0.3, -0.25) is 9.69 Å². The summed E-state index contributed by atoms with van der Waals surface area (Å²) in [5.74, 6) is 1.14. The lowest BCUT2D eigenvalue weighted by molar-refractivity contribution is -0.132. The van der Waals surface area contributed by atoms with Gasteiger partial charge < -0.3 is 30.0 Å². The fourth-order valence-electron chi connectivity index (χ4n) is 7.00. The Balaban J connectivity index is 1.29. The number of carbonyl (C=O) groups is 2. The van der Waals surface area contributed by atoms with Gasteiger partial charge in [-0.2, -0.15) is 0 Å². The van der Waals surface area contributed by atoms with Crippen LogP contribution in [0.25, 0.3) is 0 Å². The van der Waals surface area contributed by atoms with E-state index < -0.39 is 18.2 Å². The maximum Gasteiger partial charge on any atom is 0.407 e. The highest BCUT2D eigenvalue weighted by molar-refractivity contribution is 5.82. The minimum Gasteiger partial charge on any atom is -0.443 e. The number of hydrogen-bond donors (Lipinski definition) is 3. The predicted octanol–water partition coefficient (Wildman–Crippen LogP) is 2.89. The smallest absolute Gasteiger partial charge is 0.407 e. The molecule has 0 radical (unpaired) electrons. The van der Waals surface area contributed by atoms with E-state index in [0.29, 0.717) is 44.6 Å². The van der Waals surface area contributed by atoms with Gasteiger partial charge in [-0.25, -0.2) is 4.79 Å². The van der Waals surface area contributed by atoms with Crippen LogP contribution < -0.4 is 10.6 Å². The van der Waals surface area contributed by atoms with Crippen LogP contribution in [0.15, 0.2) is 30.3 Å². The van der Waals surface area contributed by atoms with Crippen LogP contribution in [0.4, 0.5) is 4.79 Å². The maximum absolute atomic E-state index is 13.5. The van der Waals surface area contributed by atoms with Gasteiger partial charge in [-0.05, 0) is 57.4 Å². The number of β-amino-alcohol motifs (C(OH)–C–C–N with tert-alkyl or cyclic N) is 1. The van der Waals surface area contributed by atoms with Gasteiger partial charge in [-0.1, -0.05) is 49.6 Å². The fraction of sp³-hybridized carbons (Fsp3) is 0.742. The molecule has 222 valence electrons. The molecule has 40 heavy (non-hydrogen) atoms. The minimum atomic E-state index is -0.889. The average Bonchev–Trinajstić information content (AvgIpc) is 3.53. The molecule has 0 aromatic heterocycles. The number of amides is 2. The van der Waals surface area contributed by atoms with Gasteiger partial charge >= 0.3 is 6.09 Å². The van der Waals surface area contributed by atoms with Gasteiger partial charge in [0.25, 0.3) is 0 Å². The molecule has 9 heteroatoms.